The zero-order valence-corrected chi connectivity index (χ0v) is 14.3. The minimum atomic E-state index is -0.762. The molecule has 0 heterocycles. The minimum Gasteiger partial charge on any atom is -0.424 e. The number of Topliss-reactive ketones (excluding diaryl/α,β-unsaturated/α-hetero) is 1. The van der Waals surface area contributed by atoms with Gasteiger partial charge in [0.05, 0.1) is 10.4 Å². The summed E-state index contributed by atoms with van der Waals surface area (Å²) in [4.78, 5) is 25.3. The van der Waals surface area contributed by atoms with Gasteiger partial charge in [-0.15, -0.1) is 0 Å². The van der Waals surface area contributed by atoms with Gasteiger partial charge in [0.1, 0.15) is 11.5 Å². The van der Waals surface area contributed by atoms with Gasteiger partial charge >= 0.3 is 5.97 Å². The fraction of sp³-hybridized carbons (Fsp3) is 0.529. The Kier molecular flexibility index (Phi) is 3.39. The van der Waals surface area contributed by atoms with Gasteiger partial charge in [-0.1, -0.05) is 44.0 Å². The Morgan fingerprint density at radius 1 is 1.18 bits per heavy atom. The number of carbonyl (C=O) groups excluding carboxylic acids is 2. The lowest BCUT2D eigenvalue weighted by molar-refractivity contribution is -0.151. The van der Waals surface area contributed by atoms with E-state index in [0.717, 1.165) is 6.42 Å². The molecule has 0 N–H and O–H groups in total. The summed E-state index contributed by atoms with van der Waals surface area (Å²) < 4.78 is 5.55. The summed E-state index contributed by atoms with van der Waals surface area (Å²) in [5.74, 6) is 0.0772. The standard InChI is InChI=1S/C17H18Cl2O3/c1-15(2)16(3)6-7-17(15,9-13(16)20)14(21)22-12-5-4-10(18)8-11(12)19/h4-5,8H,6-7,9H2,1-3H3/t16-,17-/m0/s1. The lowest BCUT2D eigenvalue weighted by atomic mass is 9.65. The summed E-state index contributed by atoms with van der Waals surface area (Å²) in [6.45, 7) is 5.96. The molecule has 22 heavy (non-hydrogen) atoms. The van der Waals surface area contributed by atoms with Gasteiger partial charge in [0.25, 0.3) is 0 Å². The van der Waals surface area contributed by atoms with Crippen LogP contribution < -0.4 is 4.74 Å². The highest BCUT2D eigenvalue weighted by atomic mass is 35.5. The van der Waals surface area contributed by atoms with Crippen LogP contribution >= 0.6 is 23.2 Å². The highest BCUT2D eigenvalue weighted by Gasteiger charge is 2.73. The molecule has 2 atom stereocenters. The molecule has 2 saturated carbocycles. The van der Waals surface area contributed by atoms with E-state index < -0.39 is 16.2 Å². The van der Waals surface area contributed by atoms with Crippen LogP contribution in [0, 0.1) is 16.2 Å². The molecule has 2 aliphatic rings. The van der Waals surface area contributed by atoms with Crippen LogP contribution in [0.2, 0.25) is 10.0 Å². The van der Waals surface area contributed by atoms with Crippen molar-refractivity contribution in [3.05, 3.63) is 28.2 Å². The summed E-state index contributed by atoms with van der Waals surface area (Å²) in [5, 5.41) is 0.771. The third-order valence-corrected chi connectivity index (χ3v) is 6.72. The number of rotatable bonds is 2. The van der Waals surface area contributed by atoms with E-state index in [9.17, 15) is 9.59 Å². The van der Waals surface area contributed by atoms with E-state index in [1.54, 1.807) is 12.1 Å². The molecular formula is C17H18Cl2O3. The summed E-state index contributed by atoms with van der Waals surface area (Å²) in [5.41, 5.74) is -1.63. The first-order valence-corrected chi connectivity index (χ1v) is 8.10. The fourth-order valence-corrected chi connectivity index (χ4v) is 4.51. The highest BCUT2D eigenvalue weighted by molar-refractivity contribution is 6.35. The molecule has 5 heteroatoms. The molecule has 0 amide bonds. The first kappa shape index (κ1) is 15.8. The number of ether oxygens (including phenoxy) is 1. The number of fused-ring (bicyclic) bond motifs is 2. The van der Waals surface area contributed by atoms with Gasteiger partial charge in [-0.05, 0) is 36.5 Å². The second-order valence-corrected chi connectivity index (χ2v) is 7.95. The van der Waals surface area contributed by atoms with Crippen LogP contribution in [0.3, 0.4) is 0 Å². The molecule has 3 nitrogen and oxygen atoms in total. The Labute approximate surface area is 139 Å². The van der Waals surface area contributed by atoms with E-state index in [1.807, 2.05) is 20.8 Å². The molecule has 1 aromatic rings. The van der Waals surface area contributed by atoms with E-state index in [1.165, 1.54) is 6.07 Å². The molecule has 118 valence electrons. The van der Waals surface area contributed by atoms with Crippen LogP contribution in [-0.2, 0) is 9.59 Å². The fourth-order valence-electron chi connectivity index (χ4n) is 4.07. The van der Waals surface area contributed by atoms with Gasteiger partial charge in [0, 0.05) is 16.9 Å². The maximum atomic E-state index is 12.9. The van der Waals surface area contributed by atoms with Crippen molar-refractivity contribution in [3.63, 3.8) is 0 Å². The van der Waals surface area contributed by atoms with Gasteiger partial charge in [0.2, 0.25) is 0 Å². The number of esters is 1. The largest absolute Gasteiger partial charge is 0.424 e. The third kappa shape index (κ3) is 1.82. The normalized spacial score (nSPS) is 32.3. The minimum absolute atomic E-state index is 0.155. The maximum Gasteiger partial charge on any atom is 0.318 e. The van der Waals surface area contributed by atoms with E-state index in [2.05, 4.69) is 0 Å². The van der Waals surface area contributed by atoms with Crippen molar-refractivity contribution < 1.29 is 14.3 Å². The molecule has 3 rings (SSSR count). The van der Waals surface area contributed by atoms with Gasteiger partial charge in [-0.3, -0.25) is 9.59 Å². The molecule has 2 fully saturated rings. The van der Waals surface area contributed by atoms with E-state index in [4.69, 9.17) is 27.9 Å². The average molecular weight is 341 g/mol. The van der Waals surface area contributed by atoms with Crippen LogP contribution in [0.15, 0.2) is 18.2 Å². The third-order valence-electron chi connectivity index (χ3n) is 6.19. The van der Waals surface area contributed by atoms with Crippen molar-refractivity contribution >= 4 is 35.0 Å². The number of benzene rings is 1. The van der Waals surface area contributed by atoms with E-state index >= 15 is 0 Å². The molecule has 0 aliphatic heterocycles. The molecule has 2 aliphatic carbocycles. The first-order chi connectivity index (χ1) is 10.1. The zero-order valence-electron chi connectivity index (χ0n) is 12.8. The number of ketones is 1. The highest BCUT2D eigenvalue weighted by Crippen LogP contribution is 2.70. The molecule has 2 bridgehead atoms. The molecule has 0 aromatic heterocycles. The Hall–Kier alpha value is -1.06. The topological polar surface area (TPSA) is 43.4 Å². The first-order valence-electron chi connectivity index (χ1n) is 7.35. The summed E-state index contributed by atoms with van der Waals surface area (Å²) in [6, 6.07) is 4.74. The maximum absolute atomic E-state index is 12.9. The predicted octanol–water partition coefficient (Wildman–Crippen LogP) is 4.68. The van der Waals surface area contributed by atoms with Gasteiger partial charge in [-0.25, -0.2) is 0 Å². The average Bonchev–Trinajstić information content (AvgIpc) is 2.72. The molecule has 0 radical (unpaired) electrons. The van der Waals surface area contributed by atoms with Crippen molar-refractivity contribution in [2.24, 2.45) is 16.2 Å². The molecule has 1 aromatic carbocycles. The van der Waals surface area contributed by atoms with Gasteiger partial charge in [-0.2, -0.15) is 0 Å². The van der Waals surface area contributed by atoms with Gasteiger partial charge in [0.15, 0.2) is 0 Å². The number of hydrogen-bond donors (Lipinski definition) is 0. The summed E-state index contributed by atoms with van der Waals surface area (Å²) in [6.07, 6.45) is 1.65. The number of hydrogen-bond acceptors (Lipinski definition) is 3. The smallest absolute Gasteiger partial charge is 0.318 e. The lowest BCUT2D eigenvalue weighted by Crippen LogP contribution is -2.42. The summed E-state index contributed by atoms with van der Waals surface area (Å²) >= 11 is 11.9. The van der Waals surface area contributed by atoms with Crippen molar-refractivity contribution in [3.8, 4) is 5.75 Å². The van der Waals surface area contributed by atoms with E-state index in [0.29, 0.717) is 16.5 Å². The van der Waals surface area contributed by atoms with Crippen LogP contribution in [0.4, 0.5) is 0 Å². The van der Waals surface area contributed by atoms with Crippen molar-refractivity contribution in [1.29, 1.82) is 0 Å². The van der Waals surface area contributed by atoms with E-state index in [-0.39, 0.29) is 23.9 Å². The lowest BCUT2D eigenvalue weighted by Gasteiger charge is -2.37. The van der Waals surface area contributed by atoms with Crippen molar-refractivity contribution in [2.45, 2.75) is 40.0 Å². The molecular weight excluding hydrogens is 323 g/mol. The van der Waals surface area contributed by atoms with Crippen molar-refractivity contribution in [1.82, 2.24) is 0 Å². The summed E-state index contributed by atoms with van der Waals surface area (Å²) in [7, 11) is 0. The van der Waals surface area contributed by atoms with Gasteiger partial charge < -0.3 is 4.74 Å². The molecule has 0 saturated heterocycles. The second kappa shape index (κ2) is 4.72. The van der Waals surface area contributed by atoms with Crippen molar-refractivity contribution in [2.75, 3.05) is 0 Å². The Morgan fingerprint density at radius 2 is 1.86 bits per heavy atom. The molecule has 0 spiro atoms. The Bertz CT molecular complexity index is 682. The van der Waals surface area contributed by atoms with Crippen LogP contribution in [-0.4, -0.2) is 11.8 Å². The van der Waals surface area contributed by atoms with Crippen LogP contribution in [0.1, 0.15) is 40.0 Å². The Morgan fingerprint density at radius 3 is 2.36 bits per heavy atom. The predicted molar refractivity (Wildman–Crippen MR) is 85.3 cm³/mol. The number of carbonyl (C=O) groups is 2. The zero-order chi connectivity index (χ0) is 16.3. The quantitative estimate of drug-likeness (QED) is 0.579. The second-order valence-electron chi connectivity index (χ2n) is 7.10. The molecule has 0 unspecified atom stereocenters. The SMILES string of the molecule is CC1(C)[C@@]2(C(=O)Oc3ccc(Cl)cc3Cl)CC[C@@]1(C)C(=O)C2. The van der Waals surface area contributed by atoms with Crippen LogP contribution in [0.25, 0.3) is 0 Å². The van der Waals surface area contributed by atoms with Crippen LogP contribution in [0.5, 0.6) is 5.75 Å². The number of halogens is 2. The Balaban J connectivity index is 1.94. The monoisotopic (exact) mass is 340 g/mol.